The Hall–Kier alpha value is -0.0800. The van der Waals surface area contributed by atoms with Crippen LogP contribution in [0.3, 0.4) is 0 Å². The number of nitrogens with zero attached hydrogens (tertiary/aromatic N) is 1. The Kier molecular flexibility index (Phi) is 11.9. The second kappa shape index (κ2) is 12.0. The molecule has 0 unspecified atom stereocenters. The molecule has 0 radical (unpaired) electrons. The van der Waals surface area contributed by atoms with Crippen molar-refractivity contribution < 1.29 is 0 Å². The van der Waals surface area contributed by atoms with Gasteiger partial charge in [-0.15, -0.1) is 0 Å². The quantitative estimate of drug-likeness (QED) is 0.323. The molecule has 0 heterocycles. The molecular weight excluding hydrogens is 184 g/mol. The molecule has 0 atom stereocenters. The van der Waals surface area contributed by atoms with Crippen molar-refractivity contribution in [3.05, 3.63) is 0 Å². The minimum Gasteiger partial charge on any atom is -0.269 e. The number of rotatable bonds is 11. The third kappa shape index (κ3) is 11.8. The molecule has 0 aliphatic carbocycles. The molecule has 0 aliphatic rings. The van der Waals surface area contributed by atoms with Crippen molar-refractivity contribution in [2.75, 3.05) is 13.1 Å². The van der Waals surface area contributed by atoms with Crippen molar-refractivity contribution in [1.29, 1.82) is 0 Å². The Morgan fingerprint density at radius 2 is 1.07 bits per heavy atom. The highest BCUT2D eigenvalue weighted by Gasteiger charge is 1.97. The SMILES string of the molecule is CCCCCCCCN(N)CCCCC. The van der Waals surface area contributed by atoms with Crippen LogP contribution in [0.25, 0.3) is 0 Å². The van der Waals surface area contributed by atoms with E-state index in [0.29, 0.717) is 0 Å². The first kappa shape index (κ1) is 14.9. The molecule has 2 N–H and O–H groups in total. The van der Waals surface area contributed by atoms with Crippen molar-refractivity contribution in [3.8, 4) is 0 Å². The van der Waals surface area contributed by atoms with E-state index in [9.17, 15) is 0 Å². The van der Waals surface area contributed by atoms with Crippen molar-refractivity contribution in [2.24, 2.45) is 5.84 Å². The number of hydrogen-bond donors (Lipinski definition) is 1. The number of nitrogens with two attached hydrogens (primary N) is 1. The van der Waals surface area contributed by atoms with Gasteiger partial charge in [0.25, 0.3) is 0 Å². The molecule has 92 valence electrons. The van der Waals surface area contributed by atoms with E-state index in [2.05, 4.69) is 13.8 Å². The molecule has 0 aromatic heterocycles. The summed E-state index contributed by atoms with van der Waals surface area (Å²) in [6, 6.07) is 0. The summed E-state index contributed by atoms with van der Waals surface area (Å²) in [6.07, 6.45) is 12.0. The van der Waals surface area contributed by atoms with Gasteiger partial charge in [0.2, 0.25) is 0 Å². The van der Waals surface area contributed by atoms with Crippen LogP contribution in [0.2, 0.25) is 0 Å². The summed E-state index contributed by atoms with van der Waals surface area (Å²) in [5.41, 5.74) is 0. The van der Waals surface area contributed by atoms with Crippen LogP contribution in [0.15, 0.2) is 0 Å². The summed E-state index contributed by atoms with van der Waals surface area (Å²) in [6.45, 7) is 6.64. The van der Waals surface area contributed by atoms with Gasteiger partial charge in [0.05, 0.1) is 0 Å². The summed E-state index contributed by atoms with van der Waals surface area (Å²) in [5.74, 6) is 5.89. The van der Waals surface area contributed by atoms with E-state index in [4.69, 9.17) is 5.84 Å². The molecule has 0 rings (SSSR count). The topological polar surface area (TPSA) is 29.3 Å². The first-order valence-electron chi connectivity index (χ1n) is 6.80. The maximum Gasteiger partial charge on any atom is 0.0128 e. The maximum atomic E-state index is 5.89. The molecule has 0 spiro atoms. The van der Waals surface area contributed by atoms with Crippen LogP contribution < -0.4 is 5.84 Å². The zero-order valence-electron chi connectivity index (χ0n) is 10.8. The molecular formula is C13H30N2. The Balaban J connectivity index is 3.06. The average Bonchev–Trinajstić information content (AvgIpc) is 2.23. The van der Waals surface area contributed by atoms with Crippen LogP contribution in [0.1, 0.15) is 71.6 Å². The van der Waals surface area contributed by atoms with Gasteiger partial charge in [-0.05, 0) is 12.8 Å². The molecule has 15 heavy (non-hydrogen) atoms. The highest BCUT2D eigenvalue weighted by Crippen LogP contribution is 2.05. The third-order valence-electron chi connectivity index (χ3n) is 2.85. The average molecular weight is 214 g/mol. The smallest absolute Gasteiger partial charge is 0.0128 e. The van der Waals surface area contributed by atoms with Gasteiger partial charge in [0.15, 0.2) is 0 Å². The molecule has 0 aromatic carbocycles. The lowest BCUT2D eigenvalue weighted by Gasteiger charge is -2.15. The van der Waals surface area contributed by atoms with Crippen LogP contribution >= 0.6 is 0 Å². The van der Waals surface area contributed by atoms with E-state index < -0.39 is 0 Å². The predicted octanol–water partition coefficient (Wildman–Crippen LogP) is 3.71. The number of unbranched alkanes of at least 4 members (excludes halogenated alkanes) is 7. The molecule has 0 bridgehead atoms. The van der Waals surface area contributed by atoms with Gasteiger partial charge in [-0.25, -0.2) is 5.01 Å². The Bertz CT molecular complexity index is 115. The van der Waals surface area contributed by atoms with E-state index in [-0.39, 0.29) is 0 Å². The molecule has 0 saturated heterocycles. The van der Waals surface area contributed by atoms with Crippen LogP contribution in [0.4, 0.5) is 0 Å². The lowest BCUT2D eigenvalue weighted by Crippen LogP contribution is -2.32. The van der Waals surface area contributed by atoms with Gasteiger partial charge in [-0.3, -0.25) is 5.84 Å². The second-order valence-corrected chi connectivity index (χ2v) is 4.51. The van der Waals surface area contributed by atoms with Crippen LogP contribution in [-0.2, 0) is 0 Å². The summed E-state index contributed by atoms with van der Waals surface area (Å²) < 4.78 is 0. The van der Waals surface area contributed by atoms with Crippen molar-refractivity contribution in [3.63, 3.8) is 0 Å². The normalized spacial score (nSPS) is 11.2. The minimum absolute atomic E-state index is 1.07. The Morgan fingerprint density at radius 1 is 0.667 bits per heavy atom. The van der Waals surface area contributed by atoms with Gasteiger partial charge >= 0.3 is 0 Å². The number of hydrogen-bond acceptors (Lipinski definition) is 2. The van der Waals surface area contributed by atoms with Crippen LogP contribution in [0.5, 0.6) is 0 Å². The number of hydrazine groups is 1. The lowest BCUT2D eigenvalue weighted by atomic mass is 10.1. The highest BCUT2D eigenvalue weighted by molar-refractivity contribution is 4.51. The van der Waals surface area contributed by atoms with Crippen LogP contribution in [-0.4, -0.2) is 18.1 Å². The van der Waals surface area contributed by atoms with Crippen LogP contribution in [0, 0.1) is 0 Å². The summed E-state index contributed by atoms with van der Waals surface area (Å²) in [4.78, 5) is 0. The monoisotopic (exact) mass is 214 g/mol. The van der Waals surface area contributed by atoms with Crippen molar-refractivity contribution >= 4 is 0 Å². The molecule has 0 fully saturated rings. The minimum atomic E-state index is 1.07. The molecule has 0 aliphatic heterocycles. The fourth-order valence-electron chi connectivity index (χ4n) is 1.77. The van der Waals surface area contributed by atoms with E-state index in [1.165, 1.54) is 57.8 Å². The maximum absolute atomic E-state index is 5.89. The van der Waals surface area contributed by atoms with E-state index >= 15 is 0 Å². The fourth-order valence-corrected chi connectivity index (χ4v) is 1.77. The lowest BCUT2D eigenvalue weighted by molar-refractivity contribution is 0.269. The fraction of sp³-hybridized carbons (Fsp3) is 1.00. The Morgan fingerprint density at radius 3 is 1.67 bits per heavy atom. The van der Waals surface area contributed by atoms with Gasteiger partial charge in [-0.2, -0.15) is 0 Å². The first-order chi connectivity index (χ1) is 7.31. The van der Waals surface area contributed by atoms with E-state index in [0.717, 1.165) is 13.1 Å². The van der Waals surface area contributed by atoms with Gasteiger partial charge in [-0.1, -0.05) is 58.8 Å². The largest absolute Gasteiger partial charge is 0.269 e. The highest BCUT2D eigenvalue weighted by atomic mass is 15.4. The first-order valence-corrected chi connectivity index (χ1v) is 6.80. The van der Waals surface area contributed by atoms with E-state index in [1.54, 1.807) is 0 Å². The third-order valence-corrected chi connectivity index (χ3v) is 2.85. The summed E-state index contributed by atoms with van der Waals surface area (Å²) in [5, 5.41) is 2.00. The van der Waals surface area contributed by atoms with Gasteiger partial charge in [0, 0.05) is 13.1 Å². The second-order valence-electron chi connectivity index (χ2n) is 4.51. The standard InChI is InChI=1S/C13H30N2/c1-3-5-7-8-9-11-13-15(14)12-10-6-4-2/h3-14H2,1-2H3. The van der Waals surface area contributed by atoms with Crippen molar-refractivity contribution in [2.45, 2.75) is 71.6 Å². The predicted molar refractivity (Wildman–Crippen MR) is 68.7 cm³/mol. The summed E-state index contributed by atoms with van der Waals surface area (Å²) in [7, 11) is 0. The van der Waals surface area contributed by atoms with E-state index in [1.807, 2.05) is 5.01 Å². The molecule has 0 aromatic rings. The van der Waals surface area contributed by atoms with Crippen molar-refractivity contribution in [1.82, 2.24) is 5.01 Å². The van der Waals surface area contributed by atoms with Gasteiger partial charge in [0.1, 0.15) is 0 Å². The zero-order chi connectivity index (χ0) is 11.4. The zero-order valence-corrected chi connectivity index (χ0v) is 10.8. The molecule has 2 nitrogen and oxygen atoms in total. The molecule has 0 amide bonds. The van der Waals surface area contributed by atoms with Gasteiger partial charge < -0.3 is 0 Å². The summed E-state index contributed by atoms with van der Waals surface area (Å²) >= 11 is 0. The molecule has 2 heteroatoms. The molecule has 0 saturated carbocycles. The Labute approximate surface area is 96.2 Å².